The molecule has 0 bridgehead atoms. The molecule has 0 aliphatic rings. The number of aryl methyl sites for hydroxylation is 1. The summed E-state index contributed by atoms with van der Waals surface area (Å²) < 4.78 is 15.7. The molecule has 6 heteroatoms. The second kappa shape index (κ2) is 5.95. The Kier molecular flexibility index (Phi) is 4.29. The maximum Gasteiger partial charge on any atom is 0.180 e. The van der Waals surface area contributed by atoms with Crippen molar-refractivity contribution in [3.63, 3.8) is 0 Å². The van der Waals surface area contributed by atoms with E-state index in [9.17, 15) is 0 Å². The van der Waals surface area contributed by atoms with Crippen LogP contribution in [0.4, 0.5) is 0 Å². The molecule has 0 saturated carbocycles. The summed E-state index contributed by atoms with van der Waals surface area (Å²) >= 11 is 6.10. The van der Waals surface area contributed by atoms with Crippen LogP contribution >= 0.6 is 11.6 Å². The molecule has 5 nitrogen and oxygen atoms in total. The average Bonchev–Trinajstić information content (AvgIpc) is 2.82. The van der Waals surface area contributed by atoms with E-state index >= 15 is 0 Å². The van der Waals surface area contributed by atoms with Crippen LogP contribution in [0, 0.1) is 6.92 Å². The Morgan fingerprint density at radius 1 is 1.37 bits per heavy atom. The second-order valence-electron chi connectivity index (χ2n) is 3.98. The van der Waals surface area contributed by atoms with Gasteiger partial charge in [-0.1, -0.05) is 16.8 Å². The van der Waals surface area contributed by atoms with Gasteiger partial charge in [0.1, 0.15) is 18.1 Å². The van der Waals surface area contributed by atoms with Crippen LogP contribution in [0.25, 0.3) is 0 Å². The first-order valence-electron chi connectivity index (χ1n) is 5.66. The minimum Gasteiger partial charge on any atom is -0.493 e. The second-order valence-corrected chi connectivity index (χ2v) is 4.39. The molecule has 0 amide bonds. The van der Waals surface area contributed by atoms with Crippen LogP contribution in [-0.2, 0) is 13.2 Å². The van der Waals surface area contributed by atoms with Gasteiger partial charge in [-0.25, -0.2) is 0 Å². The fourth-order valence-corrected chi connectivity index (χ4v) is 1.92. The van der Waals surface area contributed by atoms with Gasteiger partial charge in [-0.05, 0) is 24.6 Å². The number of rotatable bonds is 5. The first-order chi connectivity index (χ1) is 9.13. The molecule has 1 heterocycles. The van der Waals surface area contributed by atoms with Gasteiger partial charge in [0, 0.05) is 6.07 Å². The number of aliphatic hydroxyl groups is 1. The van der Waals surface area contributed by atoms with Crippen molar-refractivity contribution in [3.8, 4) is 11.5 Å². The molecule has 0 spiro atoms. The maximum atomic E-state index is 9.11. The number of aliphatic hydroxyl groups excluding tert-OH is 1. The summed E-state index contributed by atoms with van der Waals surface area (Å²) in [6.45, 7) is 1.92. The Bertz CT molecular complexity index is 568. The minimum atomic E-state index is -0.112. The lowest BCUT2D eigenvalue weighted by Gasteiger charge is -2.12. The van der Waals surface area contributed by atoms with Crippen LogP contribution < -0.4 is 9.47 Å². The standard InChI is InChI=1S/C13H14ClNO4/c1-8-3-10(15-19-8)7-18-13-11(14)4-9(6-16)5-12(13)17-2/h3-5,16H,6-7H2,1-2H3. The molecule has 2 aromatic rings. The van der Waals surface area contributed by atoms with Crippen molar-refractivity contribution in [1.29, 1.82) is 0 Å². The fourth-order valence-electron chi connectivity index (χ4n) is 1.64. The predicted molar refractivity (Wildman–Crippen MR) is 69.5 cm³/mol. The number of nitrogens with zero attached hydrogens (tertiary/aromatic N) is 1. The molecule has 1 aromatic heterocycles. The molecule has 0 aliphatic heterocycles. The third kappa shape index (κ3) is 3.19. The van der Waals surface area contributed by atoms with Gasteiger partial charge in [0.2, 0.25) is 0 Å². The van der Waals surface area contributed by atoms with E-state index in [1.807, 2.05) is 0 Å². The number of halogens is 1. The van der Waals surface area contributed by atoms with Gasteiger partial charge in [0.15, 0.2) is 11.5 Å². The topological polar surface area (TPSA) is 64.7 Å². The average molecular weight is 284 g/mol. The summed E-state index contributed by atoms with van der Waals surface area (Å²) in [5.41, 5.74) is 1.33. The van der Waals surface area contributed by atoms with Crippen molar-refractivity contribution in [2.45, 2.75) is 20.1 Å². The van der Waals surface area contributed by atoms with Gasteiger partial charge in [0.05, 0.1) is 18.7 Å². The first kappa shape index (κ1) is 13.7. The lowest BCUT2D eigenvalue weighted by atomic mass is 10.2. The zero-order valence-electron chi connectivity index (χ0n) is 10.6. The molecule has 0 saturated heterocycles. The van der Waals surface area contributed by atoms with Gasteiger partial charge >= 0.3 is 0 Å². The lowest BCUT2D eigenvalue weighted by molar-refractivity contribution is 0.267. The quantitative estimate of drug-likeness (QED) is 0.914. The van der Waals surface area contributed by atoms with E-state index in [1.54, 1.807) is 25.1 Å². The summed E-state index contributed by atoms with van der Waals surface area (Å²) in [4.78, 5) is 0. The summed E-state index contributed by atoms with van der Waals surface area (Å²) in [5, 5.41) is 13.3. The van der Waals surface area contributed by atoms with Gasteiger partial charge in [0.25, 0.3) is 0 Å². The van der Waals surface area contributed by atoms with E-state index < -0.39 is 0 Å². The van der Waals surface area contributed by atoms with E-state index in [0.29, 0.717) is 33.5 Å². The first-order valence-corrected chi connectivity index (χ1v) is 6.04. The smallest absolute Gasteiger partial charge is 0.180 e. The van der Waals surface area contributed by atoms with E-state index in [1.165, 1.54) is 7.11 Å². The summed E-state index contributed by atoms with van der Waals surface area (Å²) in [6.07, 6.45) is 0. The number of hydrogen-bond acceptors (Lipinski definition) is 5. The SMILES string of the molecule is COc1cc(CO)cc(Cl)c1OCc1cc(C)on1. The molecule has 0 fully saturated rings. The van der Waals surface area contributed by atoms with Gasteiger partial charge in [-0.2, -0.15) is 0 Å². The normalized spacial score (nSPS) is 10.5. The highest BCUT2D eigenvalue weighted by atomic mass is 35.5. The molecule has 0 aliphatic carbocycles. The van der Waals surface area contributed by atoms with Gasteiger partial charge in [-0.3, -0.25) is 0 Å². The fraction of sp³-hybridized carbons (Fsp3) is 0.308. The van der Waals surface area contributed by atoms with Crippen LogP contribution in [0.3, 0.4) is 0 Å². The summed E-state index contributed by atoms with van der Waals surface area (Å²) in [6, 6.07) is 5.09. The van der Waals surface area contributed by atoms with E-state index in [0.717, 1.165) is 0 Å². The molecule has 0 unspecified atom stereocenters. The van der Waals surface area contributed by atoms with Crippen LogP contribution in [0.15, 0.2) is 22.7 Å². The van der Waals surface area contributed by atoms with Crippen LogP contribution in [0.1, 0.15) is 17.0 Å². The van der Waals surface area contributed by atoms with Crippen LogP contribution in [-0.4, -0.2) is 17.4 Å². The number of ether oxygens (including phenoxy) is 2. The maximum absolute atomic E-state index is 9.11. The Morgan fingerprint density at radius 3 is 2.74 bits per heavy atom. The number of hydrogen-bond donors (Lipinski definition) is 1. The largest absolute Gasteiger partial charge is 0.493 e. The number of methoxy groups -OCH3 is 1. The molecule has 1 N–H and O–H groups in total. The zero-order valence-corrected chi connectivity index (χ0v) is 11.4. The monoisotopic (exact) mass is 283 g/mol. The Morgan fingerprint density at radius 2 is 2.16 bits per heavy atom. The molecule has 2 rings (SSSR count). The van der Waals surface area contributed by atoms with Crippen molar-refractivity contribution in [3.05, 3.63) is 40.2 Å². The van der Waals surface area contributed by atoms with Gasteiger partial charge in [-0.15, -0.1) is 0 Å². The van der Waals surface area contributed by atoms with E-state index in [-0.39, 0.29) is 13.2 Å². The molecular formula is C13H14ClNO4. The third-order valence-corrected chi connectivity index (χ3v) is 2.79. The molecule has 19 heavy (non-hydrogen) atoms. The highest BCUT2D eigenvalue weighted by Crippen LogP contribution is 2.36. The summed E-state index contributed by atoms with van der Waals surface area (Å²) in [7, 11) is 1.51. The van der Waals surface area contributed by atoms with E-state index in [4.69, 9.17) is 30.7 Å². The van der Waals surface area contributed by atoms with Crippen LogP contribution in [0.5, 0.6) is 11.5 Å². The molecule has 1 aromatic carbocycles. The van der Waals surface area contributed by atoms with Crippen molar-refractivity contribution < 1.29 is 19.1 Å². The predicted octanol–water partition coefficient (Wildman–Crippen LogP) is 2.72. The minimum absolute atomic E-state index is 0.112. The zero-order chi connectivity index (χ0) is 13.8. The number of aromatic nitrogens is 1. The number of benzene rings is 1. The third-order valence-electron chi connectivity index (χ3n) is 2.51. The molecule has 0 atom stereocenters. The van der Waals surface area contributed by atoms with Crippen molar-refractivity contribution >= 4 is 11.6 Å². The van der Waals surface area contributed by atoms with Crippen molar-refractivity contribution in [1.82, 2.24) is 5.16 Å². The van der Waals surface area contributed by atoms with Crippen molar-refractivity contribution in [2.24, 2.45) is 0 Å². The highest BCUT2D eigenvalue weighted by Gasteiger charge is 2.13. The Labute approximate surface area is 115 Å². The summed E-state index contributed by atoms with van der Waals surface area (Å²) in [5.74, 6) is 1.60. The lowest BCUT2D eigenvalue weighted by Crippen LogP contribution is -1.99. The highest BCUT2D eigenvalue weighted by molar-refractivity contribution is 6.32. The van der Waals surface area contributed by atoms with Crippen molar-refractivity contribution in [2.75, 3.05) is 7.11 Å². The van der Waals surface area contributed by atoms with Gasteiger partial charge < -0.3 is 19.1 Å². The molecular weight excluding hydrogens is 270 g/mol. The van der Waals surface area contributed by atoms with E-state index in [2.05, 4.69) is 5.16 Å². The Balaban J connectivity index is 2.19. The molecule has 102 valence electrons. The van der Waals surface area contributed by atoms with Crippen LogP contribution in [0.2, 0.25) is 5.02 Å². The Hall–Kier alpha value is -1.72. The molecule has 0 radical (unpaired) electrons.